The van der Waals surface area contributed by atoms with Crippen molar-refractivity contribution in [3.05, 3.63) is 29.8 Å². The summed E-state index contributed by atoms with van der Waals surface area (Å²) in [5, 5.41) is 0. The van der Waals surface area contributed by atoms with Gasteiger partial charge in [0.25, 0.3) is 0 Å². The smallest absolute Gasteiger partial charge is 0.175 e. The van der Waals surface area contributed by atoms with Crippen LogP contribution in [0.3, 0.4) is 0 Å². The quantitative estimate of drug-likeness (QED) is 0.837. The Balaban J connectivity index is 2.44. The average molecular weight is 225 g/mol. The molecule has 1 fully saturated rings. The number of hydrogen-bond donors (Lipinski definition) is 1. The van der Waals surface area contributed by atoms with E-state index in [1.165, 1.54) is 6.26 Å². The van der Waals surface area contributed by atoms with E-state index in [9.17, 15) is 8.42 Å². The van der Waals surface area contributed by atoms with Crippen molar-refractivity contribution in [2.45, 2.75) is 23.2 Å². The highest BCUT2D eigenvalue weighted by Crippen LogP contribution is 2.47. The van der Waals surface area contributed by atoms with Crippen LogP contribution < -0.4 is 5.73 Å². The maximum absolute atomic E-state index is 11.4. The third-order valence-electron chi connectivity index (χ3n) is 3.12. The molecule has 1 aliphatic carbocycles. The molecule has 1 aliphatic rings. The van der Waals surface area contributed by atoms with Gasteiger partial charge in [-0.1, -0.05) is 12.1 Å². The van der Waals surface area contributed by atoms with Gasteiger partial charge in [0.05, 0.1) is 4.90 Å². The first-order chi connectivity index (χ1) is 6.98. The lowest BCUT2D eigenvalue weighted by atomic mass is 9.96. The Morgan fingerprint density at radius 1 is 1.40 bits per heavy atom. The van der Waals surface area contributed by atoms with Gasteiger partial charge in [0.1, 0.15) is 0 Å². The number of sulfone groups is 1. The third-order valence-corrected chi connectivity index (χ3v) is 4.23. The highest BCUT2D eigenvalue weighted by atomic mass is 32.2. The minimum atomic E-state index is -3.11. The molecule has 82 valence electrons. The fourth-order valence-corrected chi connectivity index (χ4v) is 2.48. The van der Waals surface area contributed by atoms with Gasteiger partial charge in [0.2, 0.25) is 0 Å². The largest absolute Gasteiger partial charge is 0.330 e. The number of nitrogens with two attached hydrogens (primary N) is 1. The molecule has 2 N–H and O–H groups in total. The van der Waals surface area contributed by atoms with Gasteiger partial charge in [-0.25, -0.2) is 8.42 Å². The zero-order valence-electron chi connectivity index (χ0n) is 8.73. The summed E-state index contributed by atoms with van der Waals surface area (Å²) in [6.45, 7) is 0.597. The molecule has 0 aliphatic heterocycles. The third kappa shape index (κ3) is 1.92. The zero-order valence-corrected chi connectivity index (χ0v) is 9.55. The van der Waals surface area contributed by atoms with E-state index in [1.807, 2.05) is 6.07 Å². The lowest BCUT2D eigenvalue weighted by molar-refractivity contribution is 0.601. The van der Waals surface area contributed by atoms with Crippen molar-refractivity contribution in [1.29, 1.82) is 0 Å². The molecule has 2 rings (SSSR count). The highest BCUT2D eigenvalue weighted by Gasteiger charge is 2.42. The van der Waals surface area contributed by atoms with Gasteiger partial charge in [-0.3, -0.25) is 0 Å². The Bertz CT molecular complexity index is 475. The normalized spacial score (nSPS) is 18.8. The second kappa shape index (κ2) is 3.32. The van der Waals surface area contributed by atoms with Crippen LogP contribution in [0.4, 0.5) is 0 Å². The summed E-state index contributed by atoms with van der Waals surface area (Å²) in [5.41, 5.74) is 6.83. The van der Waals surface area contributed by atoms with Crippen molar-refractivity contribution in [2.24, 2.45) is 5.73 Å². The van der Waals surface area contributed by atoms with Crippen molar-refractivity contribution >= 4 is 9.84 Å². The Labute approximate surface area is 90.2 Å². The Morgan fingerprint density at radius 3 is 2.53 bits per heavy atom. The van der Waals surface area contributed by atoms with Crippen LogP contribution in [-0.4, -0.2) is 21.2 Å². The second-order valence-corrected chi connectivity index (χ2v) is 6.30. The van der Waals surface area contributed by atoms with E-state index in [2.05, 4.69) is 0 Å². The van der Waals surface area contributed by atoms with Crippen molar-refractivity contribution < 1.29 is 8.42 Å². The highest BCUT2D eigenvalue weighted by molar-refractivity contribution is 7.90. The molecule has 0 aromatic heterocycles. The van der Waals surface area contributed by atoms with E-state index in [0.717, 1.165) is 18.4 Å². The molecule has 0 atom stereocenters. The van der Waals surface area contributed by atoms with Crippen LogP contribution in [0.5, 0.6) is 0 Å². The molecule has 3 nitrogen and oxygen atoms in total. The van der Waals surface area contributed by atoms with Crippen LogP contribution in [0.15, 0.2) is 29.2 Å². The minimum absolute atomic E-state index is 0.0562. The predicted octanol–water partition coefficient (Wildman–Crippen LogP) is 1.08. The summed E-state index contributed by atoms with van der Waals surface area (Å²) in [7, 11) is -3.11. The van der Waals surface area contributed by atoms with Crippen molar-refractivity contribution in [3.63, 3.8) is 0 Å². The summed E-state index contributed by atoms with van der Waals surface area (Å²) in [5.74, 6) is 0. The average Bonchev–Trinajstić information content (AvgIpc) is 2.97. The van der Waals surface area contributed by atoms with Gasteiger partial charge in [0, 0.05) is 18.2 Å². The summed E-state index contributed by atoms with van der Waals surface area (Å²) >= 11 is 0. The van der Waals surface area contributed by atoms with Crippen molar-refractivity contribution in [2.75, 3.05) is 12.8 Å². The molecule has 0 heterocycles. The Hall–Kier alpha value is -0.870. The van der Waals surface area contributed by atoms with E-state index in [-0.39, 0.29) is 5.41 Å². The summed E-state index contributed by atoms with van der Waals surface area (Å²) in [4.78, 5) is 0.389. The van der Waals surface area contributed by atoms with Gasteiger partial charge in [-0.2, -0.15) is 0 Å². The van der Waals surface area contributed by atoms with Gasteiger partial charge >= 0.3 is 0 Å². The molecule has 4 heteroatoms. The molecule has 0 amide bonds. The standard InChI is InChI=1S/C11H15NO2S/c1-15(13,14)10-4-2-3-9(7-10)11(8-12)5-6-11/h2-4,7H,5-6,8,12H2,1H3. The van der Waals surface area contributed by atoms with Gasteiger partial charge in [0.15, 0.2) is 9.84 Å². The number of rotatable bonds is 3. The van der Waals surface area contributed by atoms with Crippen LogP contribution in [0.2, 0.25) is 0 Å². The fraction of sp³-hybridized carbons (Fsp3) is 0.455. The maximum atomic E-state index is 11.4. The van der Waals surface area contributed by atoms with Gasteiger partial charge in [-0.05, 0) is 30.5 Å². The molecular formula is C11H15NO2S. The zero-order chi connectivity index (χ0) is 11.1. The topological polar surface area (TPSA) is 60.2 Å². The molecule has 1 saturated carbocycles. The molecular weight excluding hydrogens is 210 g/mol. The van der Waals surface area contributed by atoms with E-state index in [1.54, 1.807) is 18.2 Å². The van der Waals surface area contributed by atoms with Crippen LogP contribution in [0, 0.1) is 0 Å². The molecule has 1 aromatic carbocycles. The molecule has 0 unspecified atom stereocenters. The lowest BCUT2D eigenvalue weighted by Gasteiger charge is -2.13. The summed E-state index contributed by atoms with van der Waals surface area (Å²) < 4.78 is 22.8. The molecule has 0 bridgehead atoms. The van der Waals surface area contributed by atoms with Crippen LogP contribution in [0.1, 0.15) is 18.4 Å². The Morgan fingerprint density at radius 2 is 2.07 bits per heavy atom. The monoisotopic (exact) mass is 225 g/mol. The summed E-state index contributed by atoms with van der Waals surface area (Å²) in [6.07, 6.45) is 3.36. The number of hydrogen-bond acceptors (Lipinski definition) is 3. The van der Waals surface area contributed by atoms with Crippen molar-refractivity contribution in [1.82, 2.24) is 0 Å². The minimum Gasteiger partial charge on any atom is -0.330 e. The first-order valence-electron chi connectivity index (χ1n) is 4.99. The van der Waals surface area contributed by atoms with E-state index in [0.29, 0.717) is 11.4 Å². The van der Waals surface area contributed by atoms with Crippen LogP contribution in [-0.2, 0) is 15.3 Å². The molecule has 0 radical (unpaired) electrons. The van der Waals surface area contributed by atoms with Gasteiger partial charge in [-0.15, -0.1) is 0 Å². The van der Waals surface area contributed by atoms with E-state index in [4.69, 9.17) is 5.73 Å². The van der Waals surface area contributed by atoms with Crippen LogP contribution in [0.25, 0.3) is 0 Å². The van der Waals surface area contributed by atoms with E-state index < -0.39 is 9.84 Å². The molecule has 0 saturated heterocycles. The van der Waals surface area contributed by atoms with Gasteiger partial charge < -0.3 is 5.73 Å². The predicted molar refractivity (Wildman–Crippen MR) is 59.5 cm³/mol. The lowest BCUT2D eigenvalue weighted by Crippen LogP contribution is -2.19. The van der Waals surface area contributed by atoms with Crippen LogP contribution >= 0.6 is 0 Å². The van der Waals surface area contributed by atoms with Crippen molar-refractivity contribution in [3.8, 4) is 0 Å². The molecule has 0 spiro atoms. The van der Waals surface area contributed by atoms with E-state index >= 15 is 0 Å². The maximum Gasteiger partial charge on any atom is 0.175 e. The SMILES string of the molecule is CS(=O)(=O)c1cccc(C2(CN)CC2)c1. The second-order valence-electron chi connectivity index (χ2n) is 4.28. The summed E-state index contributed by atoms with van der Waals surface area (Å²) in [6, 6.07) is 7.15. The number of benzene rings is 1. The fourth-order valence-electron chi connectivity index (χ4n) is 1.82. The molecule has 1 aromatic rings. The molecule has 15 heavy (non-hydrogen) atoms. The Kier molecular flexibility index (Phi) is 2.35. The first kappa shape index (κ1) is 10.6. The first-order valence-corrected chi connectivity index (χ1v) is 6.88.